The molecule has 3 aromatic heterocycles. The van der Waals surface area contributed by atoms with Crippen molar-refractivity contribution >= 4 is 17.4 Å². The van der Waals surface area contributed by atoms with E-state index in [2.05, 4.69) is 48.9 Å². The summed E-state index contributed by atoms with van der Waals surface area (Å²) in [5.74, 6) is 2.77. The summed E-state index contributed by atoms with van der Waals surface area (Å²) in [6, 6.07) is 6.24. The first-order chi connectivity index (χ1) is 11.2. The third kappa shape index (κ3) is 2.58. The molecule has 4 rings (SSSR count). The Labute approximate surface area is 134 Å². The molecule has 0 aliphatic carbocycles. The van der Waals surface area contributed by atoms with Gasteiger partial charge in [0.2, 0.25) is 0 Å². The van der Waals surface area contributed by atoms with Gasteiger partial charge in [-0.1, -0.05) is 0 Å². The molecule has 0 unspecified atom stereocenters. The predicted octanol–water partition coefficient (Wildman–Crippen LogP) is 1.46. The van der Waals surface area contributed by atoms with E-state index < -0.39 is 0 Å². The second kappa shape index (κ2) is 5.49. The summed E-state index contributed by atoms with van der Waals surface area (Å²) in [4.78, 5) is 17.8. The summed E-state index contributed by atoms with van der Waals surface area (Å²) in [5.41, 5.74) is 2.20. The zero-order chi connectivity index (χ0) is 15.8. The van der Waals surface area contributed by atoms with E-state index >= 15 is 0 Å². The van der Waals surface area contributed by atoms with Crippen LogP contribution in [0, 0.1) is 13.8 Å². The lowest BCUT2D eigenvalue weighted by Crippen LogP contribution is -2.47. The molecule has 1 saturated heterocycles. The maximum Gasteiger partial charge on any atom is 0.254 e. The van der Waals surface area contributed by atoms with Crippen LogP contribution < -0.4 is 9.80 Å². The molecule has 7 nitrogen and oxygen atoms in total. The van der Waals surface area contributed by atoms with Crippen LogP contribution in [-0.2, 0) is 0 Å². The van der Waals surface area contributed by atoms with E-state index in [-0.39, 0.29) is 0 Å². The Hall–Kier alpha value is -2.70. The van der Waals surface area contributed by atoms with E-state index in [0.29, 0.717) is 5.78 Å². The minimum absolute atomic E-state index is 0.655. The third-order valence-corrected chi connectivity index (χ3v) is 4.19. The van der Waals surface area contributed by atoms with Crippen LogP contribution in [0.1, 0.15) is 11.3 Å². The van der Waals surface area contributed by atoms with E-state index in [1.54, 1.807) is 6.33 Å². The first kappa shape index (κ1) is 13.9. The second-order valence-electron chi connectivity index (χ2n) is 5.89. The summed E-state index contributed by atoms with van der Waals surface area (Å²) in [5, 5.41) is 4.30. The molecule has 7 heteroatoms. The highest BCUT2D eigenvalue weighted by Crippen LogP contribution is 2.20. The Morgan fingerprint density at radius 2 is 1.74 bits per heavy atom. The van der Waals surface area contributed by atoms with Gasteiger partial charge in [-0.15, -0.1) is 0 Å². The van der Waals surface area contributed by atoms with Crippen LogP contribution in [0.2, 0.25) is 0 Å². The molecule has 4 heterocycles. The molecule has 0 saturated carbocycles. The number of rotatable bonds is 2. The van der Waals surface area contributed by atoms with Gasteiger partial charge in [0.15, 0.2) is 0 Å². The first-order valence-corrected chi connectivity index (χ1v) is 7.81. The molecule has 3 aromatic rings. The molecule has 0 N–H and O–H groups in total. The molecule has 0 atom stereocenters. The van der Waals surface area contributed by atoms with Gasteiger partial charge in [-0.05, 0) is 31.5 Å². The van der Waals surface area contributed by atoms with Crippen LogP contribution in [-0.4, -0.2) is 50.7 Å². The average molecular weight is 309 g/mol. The second-order valence-corrected chi connectivity index (χ2v) is 5.89. The third-order valence-electron chi connectivity index (χ3n) is 4.19. The van der Waals surface area contributed by atoms with Gasteiger partial charge >= 0.3 is 0 Å². The number of aromatic nitrogens is 5. The smallest absolute Gasteiger partial charge is 0.254 e. The number of hydrogen-bond donors (Lipinski definition) is 0. The molecule has 0 amide bonds. The topological polar surface area (TPSA) is 62.5 Å². The summed E-state index contributed by atoms with van der Waals surface area (Å²) >= 11 is 0. The molecule has 23 heavy (non-hydrogen) atoms. The van der Waals surface area contributed by atoms with Crippen molar-refractivity contribution in [2.24, 2.45) is 0 Å². The number of pyridine rings is 1. The Kier molecular flexibility index (Phi) is 3.33. The van der Waals surface area contributed by atoms with Gasteiger partial charge in [-0.2, -0.15) is 14.6 Å². The number of piperazine rings is 1. The van der Waals surface area contributed by atoms with Crippen molar-refractivity contribution in [3.05, 3.63) is 42.0 Å². The molecule has 1 fully saturated rings. The fraction of sp³-hybridized carbons (Fsp3) is 0.375. The van der Waals surface area contributed by atoms with E-state index in [4.69, 9.17) is 0 Å². The highest BCUT2D eigenvalue weighted by molar-refractivity contribution is 5.50. The van der Waals surface area contributed by atoms with Gasteiger partial charge in [0, 0.05) is 44.1 Å². The SMILES string of the molecule is Cc1ccnc(N2CCN(c3cc(C)nc4ncnn34)CC2)c1. The molecular formula is C16H19N7. The minimum atomic E-state index is 0.655. The molecule has 118 valence electrons. The highest BCUT2D eigenvalue weighted by atomic mass is 15.4. The van der Waals surface area contributed by atoms with Gasteiger partial charge in [0.25, 0.3) is 5.78 Å². The van der Waals surface area contributed by atoms with Crippen LogP contribution in [0.15, 0.2) is 30.7 Å². The number of fused-ring (bicyclic) bond motifs is 1. The number of aryl methyl sites for hydroxylation is 2. The minimum Gasteiger partial charge on any atom is -0.353 e. The van der Waals surface area contributed by atoms with E-state index in [9.17, 15) is 0 Å². The summed E-state index contributed by atoms with van der Waals surface area (Å²) < 4.78 is 1.81. The largest absolute Gasteiger partial charge is 0.353 e. The fourth-order valence-electron chi connectivity index (χ4n) is 2.99. The van der Waals surface area contributed by atoms with Gasteiger partial charge < -0.3 is 9.80 Å². The lowest BCUT2D eigenvalue weighted by molar-refractivity contribution is 0.633. The Balaban J connectivity index is 1.56. The van der Waals surface area contributed by atoms with E-state index in [1.807, 2.05) is 23.7 Å². The summed E-state index contributed by atoms with van der Waals surface area (Å²) in [6.07, 6.45) is 3.43. The van der Waals surface area contributed by atoms with Crippen molar-refractivity contribution in [1.82, 2.24) is 24.6 Å². The average Bonchev–Trinajstić information content (AvgIpc) is 3.02. The van der Waals surface area contributed by atoms with Crippen molar-refractivity contribution in [1.29, 1.82) is 0 Å². The molecule has 0 aromatic carbocycles. The number of hydrogen-bond acceptors (Lipinski definition) is 6. The van der Waals surface area contributed by atoms with Crippen molar-refractivity contribution in [3.8, 4) is 0 Å². The number of nitrogens with zero attached hydrogens (tertiary/aromatic N) is 7. The van der Waals surface area contributed by atoms with Crippen LogP contribution in [0.5, 0.6) is 0 Å². The van der Waals surface area contributed by atoms with Crippen LogP contribution in [0.3, 0.4) is 0 Å². The summed E-state index contributed by atoms with van der Waals surface area (Å²) in [7, 11) is 0. The standard InChI is InChI=1S/C16H19N7/c1-12-3-4-17-14(9-12)21-5-7-22(8-6-21)15-10-13(2)20-16-18-11-19-23(15)16/h3-4,9-11H,5-8H2,1-2H3. The summed E-state index contributed by atoms with van der Waals surface area (Å²) in [6.45, 7) is 7.82. The monoisotopic (exact) mass is 309 g/mol. The van der Waals surface area contributed by atoms with Crippen molar-refractivity contribution < 1.29 is 0 Å². The Morgan fingerprint density at radius 1 is 0.957 bits per heavy atom. The fourth-order valence-corrected chi connectivity index (χ4v) is 2.99. The van der Waals surface area contributed by atoms with Crippen LogP contribution in [0.4, 0.5) is 11.6 Å². The predicted molar refractivity (Wildman–Crippen MR) is 88.9 cm³/mol. The normalized spacial score (nSPS) is 15.4. The highest BCUT2D eigenvalue weighted by Gasteiger charge is 2.21. The zero-order valence-corrected chi connectivity index (χ0v) is 13.3. The Bertz CT molecular complexity index is 833. The molecule has 1 aliphatic rings. The van der Waals surface area contributed by atoms with Gasteiger partial charge in [0.1, 0.15) is 18.0 Å². The molecule has 0 spiro atoms. The van der Waals surface area contributed by atoms with Crippen LogP contribution >= 0.6 is 0 Å². The Morgan fingerprint density at radius 3 is 2.52 bits per heavy atom. The van der Waals surface area contributed by atoms with E-state index in [1.165, 1.54) is 5.56 Å². The molecule has 0 radical (unpaired) electrons. The van der Waals surface area contributed by atoms with E-state index in [0.717, 1.165) is 43.5 Å². The zero-order valence-electron chi connectivity index (χ0n) is 13.3. The number of anilines is 2. The van der Waals surface area contributed by atoms with Crippen molar-refractivity contribution in [2.45, 2.75) is 13.8 Å². The lowest BCUT2D eigenvalue weighted by Gasteiger charge is -2.36. The van der Waals surface area contributed by atoms with Gasteiger partial charge in [-0.25, -0.2) is 9.97 Å². The van der Waals surface area contributed by atoms with Crippen molar-refractivity contribution in [2.75, 3.05) is 36.0 Å². The lowest BCUT2D eigenvalue weighted by atomic mass is 10.2. The van der Waals surface area contributed by atoms with Gasteiger partial charge in [0.05, 0.1) is 0 Å². The van der Waals surface area contributed by atoms with Crippen LogP contribution in [0.25, 0.3) is 5.78 Å². The maximum atomic E-state index is 4.49. The molecule has 1 aliphatic heterocycles. The van der Waals surface area contributed by atoms with Crippen molar-refractivity contribution in [3.63, 3.8) is 0 Å². The quantitative estimate of drug-likeness (QED) is 0.714. The molecule has 0 bridgehead atoms. The molecular weight excluding hydrogens is 290 g/mol. The maximum absolute atomic E-state index is 4.49. The van der Waals surface area contributed by atoms with Gasteiger partial charge in [-0.3, -0.25) is 0 Å². The first-order valence-electron chi connectivity index (χ1n) is 7.81.